The molecule has 8 nitrogen and oxygen atoms in total. The van der Waals surface area contributed by atoms with Crippen LogP contribution in [0.15, 0.2) is 60.7 Å². The van der Waals surface area contributed by atoms with Gasteiger partial charge in [-0.05, 0) is 48.6 Å². The summed E-state index contributed by atoms with van der Waals surface area (Å²) in [5.74, 6) is -4.49. The topological polar surface area (TPSA) is 161 Å². The second kappa shape index (κ2) is 27.3. The van der Waals surface area contributed by atoms with Gasteiger partial charge >= 0.3 is 41.7 Å². The van der Waals surface area contributed by atoms with Crippen molar-refractivity contribution in [1.29, 1.82) is 0 Å². The molecule has 0 saturated carbocycles. The molecule has 0 saturated heterocycles. The van der Waals surface area contributed by atoms with Crippen molar-refractivity contribution in [3.8, 4) is 0 Å². The number of hydrogen-bond donors (Lipinski definition) is 0. The van der Waals surface area contributed by atoms with Crippen LogP contribution in [0.1, 0.15) is 99.8 Å². The summed E-state index contributed by atoms with van der Waals surface area (Å²) in [6.45, 7) is 7.89. The summed E-state index contributed by atoms with van der Waals surface area (Å²) in [5.41, 5.74) is 0.440. The van der Waals surface area contributed by atoms with Gasteiger partial charge in [-0.25, -0.2) is 0 Å². The normalized spacial score (nSPS) is 10.8. The van der Waals surface area contributed by atoms with Crippen LogP contribution in [0.4, 0.5) is 0 Å². The van der Waals surface area contributed by atoms with Crippen molar-refractivity contribution in [1.82, 2.24) is 0 Å². The molecule has 0 spiro atoms. The maximum atomic E-state index is 10.3. The Hall–Kier alpha value is -2.30. The summed E-state index contributed by atoms with van der Waals surface area (Å²) < 4.78 is 0. The van der Waals surface area contributed by atoms with Gasteiger partial charge in [0, 0.05) is 11.9 Å². The molecule has 212 valence electrons. The molecule has 0 heterocycles. The number of carboxylic acid groups (broad SMARTS) is 4. The Morgan fingerprint density at radius 1 is 0.564 bits per heavy atom. The zero-order valence-corrected chi connectivity index (χ0v) is 26.5. The number of aliphatic carboxylic acids is 2. The van der Waals surface area contributed by atoms with Crippen molar-refractivity contribution < 1.29 is 81.4 Å². The van der Waals surface area contributed by atoms with Crippen LogP contribution in [0.2, 0.25) is 0 Å². The molecule has 9 heteroatoms. The van der Waals surface area contributed by atoms with E-state index in [9.17, 15) is 39.6 Å². The second-order valence-corrected chi connectivity index (χ2v) is 8.44. The van der Waals surface area contributed by atoms with Gasteiger partial charge in [-0.2, -0.15) is 0 Å². The maximum absolute atomic E-state index is 10.3. The molecule has 0 radical (unpaired) electrons. The zero-order chi connectivity index (χ0) is 29.3. The molecule has 0 aliphatic rings. The number of carboxylic acids is 4. The molecule has 0 bridgehead atoms. The second-order valence-electron chi connectivity index (χ2n) is 8.44. The van der Waals surface area contributed by atoms with Crippen LogP contribution < -0.4 is 20.4 Å². The van der Waals surface area contributed by atoms with Crippen molar-refractivity contribution in [3.63, 3.8) is 0 Å². The molecule has 2 aromatic carbocycles. The van der Waals surface area contributed by atoms with E-state index in [1.54, 1.807) is 36.4 Å². The van der Waals surface area contributed by atoms with Crippen molar-refractivity contribution in [2.45, 2.75) is 79.1 Å². The maximum Gasteiger partial charge on any atom is 4.00 e. The fourth-order valence-electron chi connectivity index (χ4n) is 3.03. The van der Waals surface area contributed by atoms with E-state index in [-0.39, 0.29) is 64.7 Å². The third-order valence-corrected chi connectivity index (χ3v) is 5.48. The molecule has 0 aliphatic carbocycles. The van der Waals surface area contributed by atoms with Crippen LogP contribution in [0.25, 0.3) is 0 Å². The van der Waals surface area contributed by atoms with Gasteiger partial charge in [-0.15, -0.1) is 0 Å². The Bertz CT molecular complexity index is 828. The first kappa shape index (κ1) is 41.2. The molecule has 0 N–H and O–H groups in total. The fraction of sp³-hybridized carbons (Fsp3) is 0.467. The standard InChI is InChI=1S/2C8H16O2.2C7H6O2.Ce/c2*1-3-5-6-7(4-2)8(9)10;2*8-7(9)6-4-2-1-3-5-6;/h2*7H,3-6H2,1-2H3,(H,9,10);2*1-5H,(H,8,9);/q;;;;+4/p-4. The number of aromatic carboxylic acids is 2. The van der Waals surface area contributed by atoms with Crippen molar-refractivity contribution >= 4 is 23.9 Å². The number of rotatable bonds is 12. The average molecular weight is 669 g/mol. The van der Waals surface area contributed by atoms with Crippen LogP contribution in [0.3, 0.4) is 0 Å². The van der Waals surface area contributed by atoms with Crippen LogP contribution in [-0.2, 0) is 9.59 Å². The van der Waals surface area contributed by atoms with Gasteiger partial charge in [-0.1, -0.05) is 114 Å². The molecule has 0 aliphatic heterocycles. The fourth-order valence-corrected chi connectivity index (χ4v) is 3.03. The van der Waals surface area contributed by atoms with Crippen molar-refractivity contribution in [2.75, 3.05) is 0 Å². The quantitative estimate of drug-likeness (QED) is 0.332. The van der Waals surface area contributed by atoms with Gasteiger partial charge in [-0.3, -0.25) is 0 Å². The van der Waals surface area contributed by atoms with E-state index in [1.165, 1.54) is 24.3 Å². The largest absolute Gasteiger partial charge is 4.00 e. The van der Waals surface area contributed by atoms with Gasteiger partial charge in [0.05, 0.1) is 11.9 Å². The molecule has 0 amide bonds. The molecule has 0 fully saturated rings. The van der Waals surface area contributed by atoms with E-state index >= 15 is 0 Å². The molecule has 39 heavy (non-hydrogen) atoms. The third kappa shape index (κ3) is 23.3. The molecule has 2 aromatic rings. The minimum atomic E-state index is -1.13. The Morgan fingerprint density at radius 2 is 0.846 bits per heavy atom. The van der Waals surface area contributed by atoms with Gasteiger partial charge in [0.25, 0.3) is 0 Å². The summed E-state index contributed by atoms with van der Waals surface area (Å²) in [5, 5.41) is 40.8. The van der Waals surface area contributed by atoms with E-state index in [0.717, 1.165) is 38.5 Å². The smallest absolute Gasteiger partial charge is 0.550 e. The molecule has 0 aromatic heterocycles. The summed E-state index contributed by atoms with van der Waals surface area (Å²) in [4.78, 5) is 40.8. The molecule has 2 unspecified atom stereocenters. The summed E-state index contributed by atoms with van der Waals surface area (Å²) in [6, 6.07) is 16.1. The average Bonchev–Trinajstić information content (AvgIpc) is 2.91. The molecule has 2 atom stereocenters. The Balaban J connectivity index is -0.000000439. The Morgan fingerprint density at radius 3 is 1.00 bits per heavy atom. The number of carbonyl (C=O) groups is 4. The van der Waals surface area contributed by atoms with Gasteiger partial charge in [0.15, 0.2) is 0 Å². The summed E-state index contributed by atoms with van der Waals surface area (Å²) in [6.07, 6.45) is 7.04. The first-order valence-corrected chi connectivity index (χ1v) is 13.0. The van der Waals surface area contributed by atoms with Crippen LogP contribution in [0, 0.1) is 53.6 Å². The first-order valence-electron chi connectivity index (χ1n) is 13.0. The van der Waals surface area contributed by atoms with Crippen molar-refractivity contribution in [3.05, 3.63) is 71.8 Å². The third-order valence-electron chi connectivity index (χ3n) is 5.48. The number of benzene rings is 2. The van der Waals surface area contributed by atoms with E-state index in [0.29, 0.717) is 12.8 Å². The van der Waals surface area contributed by atoms with E-state index in [2.05, 4.69) is 13.8 Å². The van der Waals surface area contributed by atoms with Gasteiger partial charge in [0.1, 0.15) is 0 Å². The molecule has 2 rings (SSSR count). The van der Waals surface area contributed by atoms with E-state index in [1.807, 2.05) is 13.8 Å². The zero-order valence-electron chi connectivity index (χ0n) is 23.4. The minimum absolute atomic E-state index is 0. The van der Waals surface area contributed by atoms with Crippen LogP contribution in [-0.4, -0.2) is 23.9 Å². The van der Waals surface area contributed by atoms with Crippen LogP contribution in [0.5, 0.6) is 0 Å². The predicted octanol–water partition coefficient (Wildman–Crippen LogP) is 2.01. The van der Waals surface area contributed by atoms with Gasteiger partial charge < -0.3 is 39.6 Å². The molecular formula is C30H40CeO8. The number of carbonyl (C=O) groups excluding carboxylic acids is 4. The summed E-state index contributed by atoms with van der Waals surface area (Å²) in [7, 11) is 0. The van der Waals surface area contributed by atoms with Crippen LogP contribution >= 0.6 is 0 Å². The number of unbranched alkanes of at least 4 members (excludes halogenated alkanes) is 2. The first-order chi connectivity index (χ1) is 18.0. The number of hydrogen-bond acceptors (Lipinski definition) is 8. The van der Waals surface area contributed by atoms with E-state index in [4.69, 9.17) is 0 Å². The molecular weight excluding hydrogens is 628 g/mol. The Kier molecular flexibility index (Phi) is 28.8. The Labute approximate surface area is 266 Å². The van der Waals surface area contributed by atoms with Crippen molar-refractivity contribution in [2.24, 2.45) is 11.8 Å². The SMILES string of the molecule is CCCCC(CC)C(=O)[O-].CCCCC(CC)C(=O)[O-].O=C([O-])c1ccccc1.O=C([O-])c1ccccc1.[Ce+4]. The monoisotopic (exact) mass is 668 g/mol. The van der Waals surface area contributed by atoms with Gasteiger partial charge in [0.2, 0.25) is 0 Å². The van der Waals surface area contributed by atoms with E-state index < -0.39 is 23.9 Å². The predicted molar refractivity (Wildman–Crippen MR) is 138 cm³/mol. The summed E-state index contributed by atoms with van der Waals surface area (Å²) >= 11 is 0. The minimum Gasteiger partial charge on any atom is -0.550 e.